The molecule has 2 aromatic carbocycles. The molecule has 5 nitrogen and oxygen atoms in total. The van der Waals surface area contributed by atoms with Crippen LogP contribution in [0.15, 0.2) is 48.5 Å². The third kappa shape index (κ3) is 8.04. The minimum Gasteiger partial charge on any atom is -0.496 e. The highest BCUT2D eigenvalue weighted by Gasteiger charge is 2.32. The summed E-state index contributed by atoms with van der Waals surface area (Å²) in [5.74, 6) is 1.83. The Morgan fingerprint density at radius 3 is 2.25 bits per heavy atom. The molecular formula is C25H38Cl2N2O3. The molecule has 1 aliphatic heterocycles. The summed E-state index contributed by atoms with van der Waals surface area (Å²) in [6.45, 7) is 7.56. The minimum atomic E-state index is -0.591. The van der Waals surface area contributed by atoms with E-state index in [0.717, 1.165) is 62.6 Å². The van der Waals surface area contributed by atoms with Crippen LogP contribution in [0.5, 0.6) is 11.5 Å². The second-order valence-electron chi connectivity index (χ2n) is 8.64. The maximum absolute atomic E-state index is 11.1. The summed E-state index contributed by atoms with van der Waals surface area (Å²) in [5.41, 5.74) is 1.75. The minimum absolute atomic E-state index is 0. The molecule has 1 N–H and O–H groups in total. The number of para-hydroxylation sites is 1. The Morgan fingerprint density at radius 1 is 1.03 bits per heavy atom. The van der Waals surface area contributed by atoms with Crippen molar-refractivity contribution < 1.29 is 14.6 Å². The lowest BCUT2D eigenvalue weighted by atomic mass is 9.88. The quantitative estimate of drug-likeness (QED) is 0.531. The van der Waals surface area contributed by atoms with Crippen LogP contribution in [0.2, 0.25) is 0 Å². The summed E-state index contributed by atoms with van der Waals surface area (Å²) >= 11 is 0. The van der Waals surface area contributed by atoms with Gasteiger partial charge in [0.2, 0.25) is 0 Å². The molecule has 1 aliphatic rings. The fraction of sp³-hybridized carbons (Fsp3) is 0.520. The summed E-state index contributed by atoms with van der Waals surface area (Å²) in [4.78, 5) is 4.61. The Kier molecular flexibility index (Phi) is 11.7. The normalized spacial score (nSPS) is 15.4. The SMILES string of the molecule is COc1ccccc1CN1CCC(O)(CCN(C)c2ccc(OC(C)C)cc2)CC1.Cl.Cl. The Hall–Kier alpha value is -1.66. The molecule has 0 atom stereocenters. The number of likely N-dealkylation sites (tertiary alicyclic amines) is 1. The highest BCUT2D eigenvalue weighted by Crippen LogP contribution is 2.29. The monoisotopic (exact) mass is 484 g/mol. The largest absolute Gasteiger partial charge is 0.496 e. The van der Waals surface area contributed by atoms with E-state index in [1.54, 1.807) is 7.11 Å². The smallest absolute Gasteiger partial charge is 0.123 e. The van der Waals surface area contributed by atoms with Gasteiger partial charge in [0.25, 0.3) is 0 Å². The number of halogens is 2. The number of methoxy groups -OCH3 is 1. The van der Waals surface area contributed by atoms with Crippen LogP contribution < -0.4 is 14.4 Å². The van der Waals surface area contributed by atoms with E-state index in [-0.39, 0.29) is 30.9 Å². The lowest BCUT2D eigenvalue weighted by molar-refractivity contribution is -0.0276. The maximum atomic E-state index is 11.1. The topological polar surface area (TPSA) is 45.2 Å². The Labute approximate surface area is 205 Å². The van der Waals surface area contributed by atoms with Gasteiger partial charge in [0.1, 0.15) is 11.5 Å². The molecule has 0 bridgehead atoms. The number of aliphatic hydroxyl groups is 1. The molecule has 0 amide bonds. The number of hydrogen-bond acceptors (Lipinski definition) is 5. The first-order valence-corrected chi connectivity index (χ1v) is 10.9. The number of rotatable bonds is 9. The zero-order valence-corrected chi connectivity index (χ0v) is 21.3. The lowest BCUT2D eigenvalue weighted by Crippen LogP contribution is -2.45. The Bertz CT molecular complexity index is 794. The van der Waals surface area contributed by atoms with E-state index in [1.807, 2.05) is 38.1 Å². The maximum Gasteiger partial charge on any atom is 0.123 e. The molecule has 2 aromatic rings. The van der Waals surface area contributed by atoms with Crippen molar-refractivity contribution >= 4 is 30.5 Å². The van der Waals surface area contributed by atoms with Crippen molar-refractivity contribution in [2.75, 3.05) is 38.7 Å². The van der Waals surface area contributed by atoms with Crippen molar-refractivity contribution in [3.05, 3.63) is 54.1 Å². The van der Waals surface area contributed by atoms with Crippen molar-refractivity contribution in [3.63, 3.8) is 0 Å². The zero-order valence-electron chi connectivity index (χ0n) is 19.6. The van der Waals surface area contributed by atoms with Crippen LogP contribution in [0, 0.1) is 0 Å². The fourth-order valence-electron chi connectivity index (χ4n) is 4.01. The first-order valence-electron chi connectivity index (χ1n) is 10.9. The Balaban J connectivity index is 0.00000256. The molecule has 0 radical (unpaired) electrons. The van der Waals surface area contributed by atoms with Gasteiger partial charge in [-0.25, -0.2) is 0 Å². The fourth-order valence-corrected chi connectivity index (χ4v) is 4.01. The number of hydrogen-bond donors (Lipinski definition) is 1. The number of nitrogens with zero attached hydrogens (tertiary/aromatic N) is 2. The second-order valence-corrected chi connectivity index (χ2v) is 8.64. The van der Waals surface area contributed by atoms with E-state index in [9.17, 15) is 5.11 Å². The van der Waals surface area contributed by atoms with Crippen molar-refractivity contribution in [2.45, 2.75) is 51.4 Å². The van der Waals surface area contributed by atoms with Crippen molar-refractivity contribution in [1.82, 2.24) is 4.90 Å². The van der Waals surface area contributed by atoms with Gasteiger partial charge in [-0.2, -0.15) is 0 Å². The van der Waals surface area contributed by atoms with E-state index >= 15 is 0 Å². The molecule has 1 fully saturated rings. The molecule has 7 heteroatoms. The Morgan fingerprint density at radius 2 is 1.66 bits per heavy atom. The molecule has 1 saturated heterocycles. The van der Waals surface area contributed by atoms with Gasteiger partial charge in [-0.05, 0) is 63.4 Å². The summed E-state index contributed by atoms with van der Waals surface area (Å²) < 4.78 is 11.2. The average Bonchev–Trinajstić information content (AvgIpc) is 2.74. The molecule has 180 valence electrons. The van der Waals surface area contributed by atoms with Crippen LogP contribution in [0.3, 0.4) is 0 Å². The van der Waals surface area contributed by atoms with Gasteiger partial charge in [-0.15, -0.1) is 24.8 Å². The van der Waals surface area contributed by atoms with Gasteiger partial charge in [0, 0.05) is 44.5 Å². The van der Waals surface area contributed by atoms with Crippen molar-refractivity contribution in [3.8, 4) is 11.5 Å². The molecule has 0 aromatic heterocycles. The molecule has 32 heavy (non-hydrogen) atoms. The highest BCUT2D eigenvalue weighted by atomic mass is 35.5. The van der Waals surface area contributed by atoms with Crippen LogP contribution in [0.1, 0.15) is 38.7 Å². The van der Waals surface area contributed by atoms with Crippen LogP contribution in [0.4, 0.5) is 5.69 Å². The van der Waals surface area contributed by atoms with E-state index in [1.165, 1.54) is 5.56 Å². The van der Waals surface area contributed by atoms with Crippen LogP contribution in [0.25, 0.3) is 0 Å². The second kappa shape index (κ2) is 13.1. The predicted octanol–water partition coefficient (Wildman–Crippen LogP) is 5.18. The van der Waals surface area contributed by atoms with Gasteiger partial charge in [-0.1, -0.05) is 18.2 Å². The standard InChI is InChI=1S/C25H36N2O3.2ClH/c1-20(2)30-23-11-9-22(10-12-23)26(3)16-13-25(28)14-17-27(18-15-25)19-21-7-5-6-8-24(21)29-4;;/h5-12,20,28H,13-19H2,1-4H3;2*1H. The average molecular weight is 485 g/mol. The lowest BCUT2D eigenvalue weighted by Gasteiger charge is -2.39. The van der Waals surface area contributed by atoms with Crippen LogP contribution in [-0.4, -0.2) is 55.5 Å². The summed E-state index contributed by atoms with van der Waals surface area (Å²) in [5, 5.41) is 11.1. The van der Waals surface area contributed by atoms with Crippen molar-refractivity contribution in [2.24, 2.45) is 0 Å². The first kappa shape index (κ1) is 28.4. The molecule has 0 unspecified atom stereocenters. The molecule has 3 rings (SSSR count). The van der Waals surface area contributed by atoms with E-state index in [4.69, 9.17) is 9.47 Å². The number of ether oxygens (including phenoxy) is 2. The van der Waals surface area contributed by atoms with Crippen molar-refractivity contribution in [1.29, 1.82) is 0 Å². The van der Waals surface area contributed by atoms with Crippen LogP contribution >= 0.6 is 24.8 Å². The highest BCUT2D eigenvalue weighted by molar-refractivity contribution is 5.85. The third-order valence-corrected chi connectivity index (χ3v) is 5.94. The van der Waals surface area contributed by atoms with Gasteiger partial charge < -0.3 is 19.5 Å². The number of anilines is 1. The van der Waals surface area contributed by atoms with E-state index in [0.29, 0.717) is 0 Å². The van der Waals surface area contributed by atoms with Gasteiger partial charge in [0.15, 0.2) is 0 Å². The molecule has 1 heterocycles. The predicted molar refractivity (Wildman–Crippen MR) is 137 cm³/mol. The molecular weight excluding hydrogens is 447 g/mol. The molecule has 0 aliphatic carbocycles. The first-order chi connectivity index (χ1) is 14.4. The number of benzene rings is 2. The number of piperidine rings is 1. The van der Waals surface area contributed by atoms with E-state index < -0.39 is 5.60 Å². The molecule has 0 spiro atoms. The molecule has 0 saturated carbocycles. The van der Waals surface area contributed by atoms with Gasteiger partial charge in [-0.3, -0.25) is 4.90 Å². The summed E-state index contributed by atoms with van der Waals surface area (Å²) in [6.07, 6.45) is 2.56. The summed E-state index contributed by atoms with van der Waals surface area (Å²) in [6, 6.07) is 16.4. The van der Waals surface area contributed by atoms with Gasteiger partial charge >= 0.3 is 0 Å². The van der Waals surface area contributed by atoms with Crippen LogP contribution in [-0.2, 0) is 6.54 Å². The third-order valence-electron chi connectivity index (χ3n) is 5.94. The van der Waals surface area contributed by atoms with E-state index in [2.05, 4.69) is 41.1 Å². The van der Waals surface area contributed by atoms with Gasteiger partial charge in [0.05, 0.1) is 18.8 Å². The zero-order chi connectivity index (χ0) is 21.6. The summed E-state index contributed by atoms with van der Waals surface area (Å²) in [7, 11) is 3.80.